The minimum Gasteiger partial charge on any atom is -0.325 e. The number of nitrogens with one attached hydrogen (secondary N) is 1. The third-order valence-corrected chi connectivity index (χ3v) is 9.40. The number of hydrogen-bond acceptors (Lipinski definition) is 4. The Hall–Kier alpha value is -3.35. The largest absolute Gasteiger partial charge is 0.325 e. The lowest BCUT2D eigenvalue weighted by atomic mass is 9.62. The van der Waals surface area contributed by atoms with Gasteiger partial charge >= 0.3 is 0 Å². The van der Waals surface area contributed by atoms with Crippen LogP contribution in [-0.4, -0.2) is 21.2 Å². The van der Waals surface area contributed by atoms with Crippen molar-refractivity contribution in [1.82, 2.24) is 9.55 Å². The number of nitrogens with zero attached hydrogens (tertiary/aromatic N) is 2. The third-order valence-electron chi connectivity index (χ3n) is 8.18. The number of hydrogen-bond donors (Lipinski definition) is 1. The topological polar surface area (TPSA) is 64.0 Å². The Morgan fingerprint density at radius 1 is 0.975 bits per heavy atom. The fourth-order valence-corrected chi connectivity index (χ4v) is 7.32. The molecule has 1 heterocycles. The quantitative estimate of drug-likeness (QED) is 0.187. The van der Waals surface area contributed by atoms with E-state index in [0.717, 1.165) is 48.9 Å². The molecule has 0 radical (unpaired) electrons. The van der Waals surface area contributed by atoms with Crippen molar-refractivity contribution in [2.75, 3.05) is 11.1 Å². The van der Waals surface area contributed by atoms with Gasteiger partial charge < -0.3 is 5.32 Å². The lowest BCUT2D eigenvalue weighted by Gasteiger charge is -2.42. The van der Waals surface area contributed by atoms with Gasteiger partial charge in [0.05, 0.1) is 17.0 Å². The Morgan fingerprint density at radius 3 is 2.55 bits per heavy atom. The van der Waals surface area contributed by atoms with Crippen molar-refractivity contribution in [3.8, 4) is 11.3 Å². The normalized spacial score (nSPS) is 15.3. The number of thioether (sulfide) groups is 1. The molecular weight excluding hydrogens is 538 g/mol. The number of fused-ring (bicyclic) bond motifs is 4. The van der Waals surface area contributed by atoms with Gasteiger partial charge in [-0.15, -0.1) is 0 Å². The highest BCUT2D eigenvalue weighted by Gasteiger charge is 2.43. The molecule has 40 heavy (non-hydrogen) atoms. The van der Waals surface area contributed by atoms with Crippen LogP contribution in [0, 0.1) is 0 Å². The molecule has 6 rings (SSSR count). The van der Waals surface area contributed by atoms with Gasteiger partial charge in [-0.2, -0.15) is 0 Å². The van der Waals surface area contributed by atoms with Gasteiger partial charge in [-0.25, -0.2) is 4.98 Å². The second kappa shape index (κ2) is 11.6. The molecule has 1 N–H and O–H groups in total. The zero-order chi connectivity index (χ0) is 27.5. The molecule has 4 aromatic rings. The van der Waals surface area contributed by atoms with Gasteiger partial charge in [0.1, 0.15) is 0 Å². The summed E-state index contributed by atoms with van der Waals surface area (Å²) in [7, 11) is 0. The first-order valence-electron chi connectivity index (χ1n) is 14.0. The summed E-state index contributed by atoms with van der Waals surface area (Å²) in [5, 5.41) is 4.06. The second-order valence-electron chi connectivity index (χ2n) is 10.8. The summed E-state index contributed by atoms with van der Waals surface area (Å²) in [6.07, 6.45) is 7.10. The number of amides is 1. The summed E-state index contributed by atoms with van der Waals surface area (Å²) in [4.78, 5) is 32.6. The summed E-state index contributed by atoms with van der Waals surface area (Å²) in [5.41, 5.74) is 5.69. The van der Waals surface area contributed by atoms with E-state index in [0.29, 0.717) is 28.8 Å². The standard InChI is InChI=1S/C33H32ClN3O2S/c34-25-13-9-14-26(20-25)35-28(38)22-40-32-36-30-27-15-6-5-12-24(27)21-33(17-7-2-8-18-33)29(30)31(39)37(32)19-16-23-10-3-1-4-11-23/h1,3-6,9-15,20H,2,7-8,16-19,21-22H2,(H,35,38). The highest BCUT2D eigenvalue weighted by Crippen LogP contribution is 2.48. The van der Waals surface area contributed by atoms with Gasteiger partial charge in [0.2, 0.25) is 5.91 Å². The summed E-state index contributed by atoms with van der Waals surface area (Å²) >= 11 is 7.41. The SMILES string of the molecule is O=C(CSc1nc2c(c(=O)n1CCc1ccccc1)C1(CCCCC1)Cc1ccccc1-2)Nc1cccc(Cl)c1. The van der Waals surface area contributed by atoms with Crippen LogP contribution in [0.2, 0.25) is 5.02 Å². The van der Waals surface area contributed by atoms with Crippen molar-refractivity contribution < 1.29 is 4.79 Å². The first kappa shape index (κ1) is 26.9. The molecule has 7 heteroatoms. The van der Waals surface area contributed by atoms with Crippen molar-refractivity contribution in [3.05, 3.63) is 111 Å². The minimum atomic E-state index is -0.173. The molecule has 1 saturated carbocycles. The van der Waals surface area contributed by atoms with Crippen LogP contribution in [0.15, 0.2) is 88.8 Å². The molecule has 3 aromatic carbocycles. The number of aromatic nitrogens is 2. The number of rotatable bonds is 7. The number of carbonyl (C=O) groups excluding carboxylic acids is 1. The second-order valence-corrected chi connectivity index (χ2v) is 12.2. The lowest BCUT2D eigenvalue weighted by Crippen LogP contribution is -2.43. The highest BCUT2D eigenvalue weighted by atomic mass is 35.5. The maximum atomic E-state index is 14.5. The Morgan fingerprint density at radius 2 is 1.75 bits per heavy atom. The number of benzene rings is 3. The average molecular weight is 570 g/mol. The Labute approximate surface area is 244 Å². The van der Waals surface area contributed by atoms with Crippen molar-refractivity contribution in [1.29, 1.82) is 0 Å². The van der Waals surface area contributed by atoms with Crippen LogP contribution < -0.4 is 10.9 Å². The molecule has 5 nitrogen and oxygen atoms in total. The van der Waals surface area contributed by atoms with Gasteiger partial charge in [-0.05, 0) is 55.0 Å². The number of aryl methyl sites for hydroxylation is 1. The van der Waals surface area contributed by atoms with E-state index in [1.165, 1.54) is 29.3 Å². The van der Waals surface area contributed by atoms with Crippen molar-refractivity contribution in [2.24, 2.45) is 0 Å². The Kier molecular flexibility index (Phi) is 7.81. The highest BCUT2D eigenvalue weighted by molar-refractivity contribution is 7.99. The van der Waals surface area contributed by atoms with Crippen LogP contribution in [0.3, 0.4) is 0 Å². The van der Waals surface area contributed by atoms with Crippen molar-refractivity contribution in [3.63, 3.8) is 0 Å². The lowest BCUT2D eigenvalue weighted by molar-refractivity contribution is -0.113. The van der Waals surface area contributed by atoms with Crippen molar-refractivity contribution in [2.45, 2.75) is 62.1 Å². The van der Waals surface area contributed by atoms with E-state index in [4.69, 9.17) is 16.6 Å². The van der Waals surface area contributed by atoms with Crippen molar-refractivity contribution >= 4 is 35.0 Å². The van der Waals surface area contributed by atoms with Crippen LogP contribution in [0.5, 0.6) is 0 Å². The number of halogens is 1. The molecule has 204 valence electrons. The van der Waals surface area contributed by atoms with E-state index in [9.17, 15) is 9.59 Å². The first-order chi connectivity index (χ1) is 19.5. The summed E-state index contributed by atoms with van der Waals surface area (Å²) < 4.78 is 1.83. The van der Waals surface area contributed by atoms with Crippen LogP contribution in [0.1, 0.15) is 48.8 Å². The predicted molar refractivity (Wildman–Crippen MR) is 163 cm³/mol. The average Bonchev–Trinajstić information content (AvgIpc) is 2.96. The molecule has 1 spiro atoms. The maximum absolute atomic E-state index is 14.5. The smallest absolute Gasteiger partial charge is 0.258 e. The van der Waals surface area contributed by atoms with E-state index >= 15 is 0 Å². The first-order valence-corrected chi connectivity index (χ1v) is 15.3. The van der Waals surface area contributed by atoms with Gasteiger partial charge in [0.25, 0.3) is 5.56 Å². The zero-order valence-electron chi connectivity index (χ0n) is 22.4. The van der Waals surface area contributed by atoms with Gasteiger partial charge in [0, 0.05) is 28.2 Å². The summed E-state index contributed by atoms with van der Waals surface area (Å²) in [6.45, 7) is 0.513. The molecule has 0 aliphatic heterocycles. The molecule has 0 atom stereocenters. The van der Waals surface area contributed by atoms with E-state index in [1.54, 1.807) is 18.2 Å². The third kappa shape index (κ3) is 5.48. The van der Waals surface area contributed by atoms with E-state index in [2.05, 4.69) is 35.6 Å². The summed E-state index contributed by atoms with van der Waals surface area (Å²) in [6, 6.07) is 25.7. The zero-order valence-corrected chi connectivity index (χ0v) is 23.9. The molecule has 0 unspecified atom stereocenters. The molecule has 0 saturated heterocycles. The van der Waals surface area contributed by atoms with Crippen LogP contribution in [-0.2, 0) is 29.6 Å². The van der Waals surface area contributed by atoms with Crippen LogP contribution in [0.4, 0.5) is 5.69 Å². The molecule has 1 fully saturated rings. The molecule has 1 amide bonds. The van der Waals surface area contributed by atoms with E-state index < -0.39 is 0 Å². The van der Waals surface area contributed by atoms with Gasteiger partial charge in [-0.3, -0.25) is 14.2 Å². The van der Waals surface area contributed by atoms with Crippen LogP contribution in [0.25, 0.3) is 11.3 Å². The fraction of sp³-hybridized carbons (Fsp3) is 0.303. The molecule has 2 aliphatic rings. The Bertz CT molecular complexity index is 1600. The molecule has 0 bridgehead atoms. The molecule has 2 aliphatic carbocycles. The summed E-state index contributed by atoms with van der Waals surface area (Å²) in [5.74, 6) is -0.0337. The van der Waals surface area contributed by atoms with Crippen LogP contribution >= 0.6 is 23.4 Å². The maximum Gasteiger partial charge on any atom is 0.258 e. The molecular formula is C33H32ClN3O2S. The van der Waals surface area contributed by atoms with E-state index in [1.807, 2.05) is 34.9 Å². The number of anilines is 1. The van der Waals surface area contributed by atoms with Gasteiger partial charge in [0.15, 0.2) is 5.16 Å². The fourth-order valence-electron chi connectivity index (χ4n) is 6.31. The predicted octanol–water partition coefficient (Wildman–Crippen LogP) is 7.30. The Balaban J connectivity index is 1.39. The monoisotopic (exact) mass is 569 g/mol. The minimum absolute atomic E-state index is 0.0510. The number of carbonyl (C=O) groups is 1. The molecule has 1 aromatic heterocycles. The van der Waals surface area contributed by atoms with Gasteiger partial charge in [-0.1, -0.05) is 103 Å². The van der Waals surface area contributed by atoms with E-state index in [-0.39, 0.29) is 22.6 Å².